The molecule has 1 aliphatic heterocycles. The SMILES string of the molecule is [2H]C([2H])([2H])N1CCC2(CC(n3cc(Br)c4c(Cl)ncnc43)C2)C1. The van der Waals surface area contributed by atoms with E-state index in [1.54, 1.807) is 4.90 Å². The Morgan fingerprint density at radius 1 is 1.50 bits per heavy atom. The first-order valence-corrected chi connectivity index (χ1v) is 7.88. The number of aromatic nitrogens is 3. The zero-order valence-electron chi connectivity index (χ0n) is 13.8. The molecule has 2 aromatic heterocycles. The van der Waals surface area contributed by atoms with Gasteiger partial charge < -0.3 is 9.47 Å². The summed E-state index contributed by atoms with van der Waals surface area (Å²) in [6.07, 6.45) is 6.42. The molecule has 4 rings (SSSR count). The van der Waals surface area contributed by atoms with E-state index in [4.69, 9.17) is 15.7 Å². The van der Waals surface area contributed by atoms with Crippen molar-refractivity contribution >= 4 is 38.6 Å². The van der Waals surface area contributed by atoms with Crippen molar-refractivity contribution in [3.05, 3.63) is 22.1 Å². The largest absolute Gasteiger partial charge is 0.328 e. The third-order valence-corrected chi connectivity index (χ3v) is 5.57. The standard InChI is InChI=1S/C14H16BrClN4/c1-19-3-2-14(7-19)4-9(5-14)20-6-10(15)11-12(16)17-8-18-13(11)20/h6,8-9H,2-5,7H2,1H3/i1D3. The van der Waals surface area contributed by atoms with E-state index >= 15 is 0 Å². The monoisotopic (exact) mass is 357 g/mol. The molecular formula is C14H16BrClN4. The second-order valence-corrected chi connectivity index (χ2v) is 7.19. The predicted molar refractivity (Wildman–Crippen MR) is 83.1 cm³/mol. The molecule has 0 aromatic carbocycles. The highest BCUT2D eigenvalue weighted by Gasteiger charge is 2.48. The number of nitrogens with zero attached hydrogens (tertiary/aromatic N) is 4. The van der Waals surface area contributed by atoms with E-state index in [1.807, 2.05) is 6.20 Å². The zero-order chi connectivity index (χ0) is 16.4. The van der Waals surface area contributed by atoms with Gasteiger partial charge in [-0.05, 0) is 54.1 Å². The Hall–Kier alpha value is -0.650. The first-order valence-electron chi connectivity index (χ1n) is 8.21. The summed E-state index contributed by atoms with van der Waals surface area (Å²) in [6.45, 7) is -0.651. The van der Waals surface area contributed by atoms with Crippen molar-refractivity contribution in [1.82, 2.24) is 19.4 Å². The summed E-state index contributed by atoms with van der Waals surface area (Å²) in [4.78, 5) is 10.0. The molecular weight excluding hydrogens is 340 g/mol. The van der Waals surface area contributed by atoms with Crippen LogP contribution in [0.25, 0.3) is 11.0 Å². The average Bonchev–Trinajstić information content (AvgIpc) is 3.00. The topological polar surface area (TPSA) is 34.0 Å². The van der Waals surface area contributed by atoms with Crippen molar-refractivity contribution in [2.75, 3.05) is 20.1 Å². The second kappa shape index (κ2) is 4.42. The van der Waals surface area contributed by atoms with Crippen LogP contribution in [0, 0.1) is 5.41 Å². The molecule has 0 amide bonds. The first kappa shape index (κ1) is 10.1. The maximum Gasteiger partial charge on any atom is 0.146 e. The van der Waals surface area contributed by atoms with Gasteiger partial charge in [-0.25, -0.2) is 9.97 Å². The Balaban J connectivity index is 1.57. The van der Waals surface area contributed by atoms with E-state index in [1.165, 1.54) is 6.33 Å². The van der Waals surface area contributed by atoms with Crippen LogP contribution in [0.5, 0.6) is 0 Å². The second-order valence-electron chi connectivity index (χ2n) is 5.98. The molecule has 0 unspecified atom stereocenters. The molecule has 1 aliphatic carbocycles. The summed E-state index contributed by atoms with van der Waals surface area (Å²) in [7, 11) is 0. The van der Waals surface area contributed by atoms with Crippen molar-refractivity contribution < 1.29 is 4.11 Å². The van der Waals surface area contributed by atoms with E-state index in [0.717, 1.165) is 34.8 Å². The maximum absolute atomic E-state index is 7.57. The van der Waals surface area contributed by atoms with Crippen LogP contribution in [0.15, 0.2) is 17.0 Å². The van der Waals surface area contributed by atoms with Gasteiger partial charge in [0, 0.05) is 27.4 Å². The Morgan fingerprint density at radius 2 is 2.35 bits per heavy atom. The fourth-order valence-corrected chi connectivity index (χ4v) is 4.62. The number of hydrogen-bond acceptors (Lipinski definition) is 3. The number of likely N-dealkylation sites (tertiary alicyclic amines) is 1. The van der Waals surface area contributed by atoms with Crippen LogP contribution in [0.3, 0.4) is 0 Å². The van der Waals surface area contributed by atoms with E-state index in [9.17, 15) is 0 Å². The fourth-order valence-electron chi connectivity index (χ4n) is 3.69. The van der Waals surface area contributed by atoms with Crippen LogP contribution in [0.4, 0.5) is 0 Å². The zero-order valence-corrected chi connectivity index (χ0v) is 13.2. The number of hydrogen-bond donors (Lipinski definition) is 0. The smallest absolute Gasteiger partial charge is 0.146 e. The normalized spacial score (nSPS) is 33.1. The summed E-state index contributed by atoms with van der Waals surface area (Å²) in [6, 6.07) is 0.339. The highest BCUT2D eigenvalue weighted by atomic mass is 79.9. The lowest BCUT2D eigenvalue weighted by molar-refractivity contribution is 0.0758. The fraction of sp³-hybridized carbons (Fsp3) is 0.571. The Morgan fingerprint density at radius 3 is 3.10 bits per heavy atom. The van der Waals surface area contributed by atoms with Crippen LogP contribution in [0.2, 0.25) is 5.15 Å². The molecule has 0 N–H and O–H groups in total. The first-order chi connectivity index (χ1) is 10.8. The molecule has 1 spiro atoms. The van der Waals surface area contributed by atoms with Gasteiger partial charge in [0.2, 0.25) is 0 Å². The van der Waals surface area contributed by atoms with Crippen LogP contribution < -0.4 is 0 Å². The molecule has 0 bridgehead atoms. The van der Waals surface area contributed by atoms with Gasteiger partial charge in [-0.1, -0.05) is 11.6 Å². The molecule has 106 valence electrons. The molecule has 6 heteroatoms. The molecule has 2 fully saturated rings. The van der Waals surface area contributed by atoms with E-state index in [-0.39, 0.29) is 5.41 Å². The molecule has 0 radical (unpaired) electrons. The minimum atomic E-state index is -1.97. The number of rotatable bonds is 1. The molecule has 1 saturated heterocycles. The summed E-state index contributed by atoms with van der Waals surface area (Å²) in [5.41, 5.74) is 0.973. The third-order valence-electron chi connectivity index (χ3n) is 4.69. The van der Waals surface area contributed by atoms with Crippen molar-refractivity contribution in [1.29, 1.82) is 0 Å². The summed E-state index contributed by atoms with van der Waals surface area (Å²) < 4.78 is 25.8. The third kappa shape index (κ3) is 1.83. The Kier molecular flexibility index (Phi) is 2.24. The quantitative estimate of drug-likeness (QED) is 0.732. The van der Waals surface area contributed by atoms with Crippen molar-refractivity contribution in [3.63, 3.8) is 0 Å². The molecule has 2 aliphatic rings. The van der Waals surface area contributed by atoms with Gasteiger partial charge in [-0.2, -0.15) is 0 Å². The number of halogens is 2. The summed E-state index contributed by atoms with van der Waals surface area (Å²) in [5, 5.41) is 1.29. The highest BCUT2D eigenvalue weighted by Crippen LogP contribution is 2.54. The van der Waals surface area contributed by atoms with E-state index in [0.29, 0.717) is 24.3 Å². The van der Waals surface area contributed by atoms with Crippen molar-refractivity contribution in [3.8, 4) is 0 Å². The molecule has 20 heavy (non-hydrogen) atoms. The number of fused-ring (bicyclic) bond motifs is 1. The van der Waals surface area contributed by atoms with Gasteiger partial charge in [-0.3, -0.25) is 0 Å². The lowest BCUT2D eigenvalue weighted by Crippen LogP contribution is -2.40. The minimum Gasteiger partial charge on any atom is -0.328 e. The van der Waals surface area contributed by atoms with Crippen LogP contribution in [0.1, 0.15) is 29.4 Å². The predicted octanol–water partition coefficient (Wildman–Crippen LogP) is 3.50. The van der Waals surface area contributed by atoms with Crippen LogP contribution in [-0.2, 0) is 0 Å². The van der Waals surface area contributed by atoms with Gasteiger partial charge in [0.25, 0.3) is 0 Å². The van der Waals surface area contributed by atoms with Gasteiger partial charge in [0.1, 0.15) is 17.1 Å². The van der Waals surface area contributed by atoms with Crippen molar-refractivity contribution in [2.45, 2.75) is 25.3 Å². The average molecular weight is 359 g/mol. The van der Waals surface area contributed by atoms with Crippen LogP contribution in [-0.4, -0.2) is 39.5 Å². The lowest BCUT2D eigenvalue weighted by atomic mass is 9.65. The highest BCUT2D eigenvalue weighted by molar-refractivity contribution is 9.10. The van der Waals surface area contributed by atoms with E-state index < -0.39 is 6.98 Å². The molecule has 0 atom stereocenters. The van der Waals surface area contributed by atoms with Gasteiger partial charge in [-0.15, -0.1) is 0 Å². The molecule has 1 saturated carbocycles. The van der Waals surface area contributed by atoms with E-state index in [2.05, 4.69) is 30.5 Å². The lowest BCUT2D eigenvalue weighted by Gasteiger charge is -2.46. The van der Waals surface area contributed by atoms with Crippen LogP contribution >= 0.6 is 27.5 Å². The summed E-state index contributed by atoms with van der Waals surface area (Å²) in [5.74, 6) is 0. The van der Waals surface area contributed by atoms with Gasteiger partial charge in [0.15, 0.2) is 0 Å². The molecule has 4 nitrogen and oxygen atoms in total. The Labute approximate surface area is 135 Å². The van der Waals surface area contributed by atoms with Crippen molar-refractivity contribution in [2.24, 2.45) is 5.41 Å². The molecule has 3 heterocycles. The summed E-state index contributed by atoms with van der Waals surface area (Å²) >= 11 is 9.70. The van der Waals surface area contributed by atoms with Gasteiger partial charge in [0.05, 0.1) is 5.39 Å². The maximum atomic E-state index is 7.57. The Bertz CT molecular complexity index is 769. The minimum absolute atomic E-state index is 0.138. The van der Waals surface area contributed by atoms with Gasteiger partial charge >= 0.3 is 0 Å². The molecule has 2 aromatic rings.